The second-order valence-electron chi connectivity index (χ2n) is 5.02. The number of hydrogen-bond acceptors (Lipinski definition) is 4. The van der Waals surface area contributed by atoms with E-state index in [4.69, 9.17) is 0 Å². The fraction of sp³-hybridized carbons (Fsp3) is 0.385. The van der Waals surface area contributed by atoms with Crippen molar-refractivity contribution in [3.8, 4) is 0 Å². The summed E-state index contributed by atoms with van der Waals surface area (Å²) in [6.07, 6.45) is 1.70. The van der Waals surface area contributed by atoms with Crippen molar-refractivity contribution in [2.24, 2.45) is 0 Å². The highest BCUT2D eigenvalue weighted by molar-refractivity contribution is 7.89. The summed E-state index contributed by atoms with van der Waals surface area (Å²) in [4.78, 5) is 18.1. The Kier molecular flexibility index (Phi) is 3.42. The van der Waals surface area contributed by atoms with Gasteiger partial charge >= 0.3 is 5.97 Å². The molecule has 21 heavy (non-hydrogen) atoms. The second-order valence-corrected chi connectivity index (χ2v) is 6.83. The first kappa shape index (κ1) is 14.0. The molecule has 2 heterocycles. The zero-order chi connectivity index (χ0) is 15.0. The molecule has 0 amide bonds. The summed E-state index contributed by atoms with van der Waals surface area (Å²) < 4.78 is 26.3. The van der Waals surface area contributed by atoms with E-state index in [1.165, 1.54) is 0 Å². The Balaban J connectivity index is 2.04. The highest BCUT2D eigenvalue weighted by atomic mass is 32.2. The number of H-pyrrole nitrogens is 1. The maximum Gasteiger partial charge on any atom is 0.322 e. The fourth-order valence-electron chi connectivity index (χ4n) is 2.60. The van der Waals surface area contributed by atoms with E-state index in [0.717, 1.165) is 4.31 Å². The predicted octanol–water partition coefficient (Wildman–Crippen LogP) is 1.19. The summed E-state index contributed by atoms with van der Waals surface area (Å²) in [5, 5.41) is 9.02. The Morgan fingerprint density at radius 2 is 2.10 bits per heavy atom. The van der Waals surface area contributed by atoms with Gasteiger partial charge < -0.3 is 10.1 Å². The maximum absolute atomic E-state index is 12.6. The number of carboxylic acid groups (broad SMARTS) is 1. The molecule has 1 aliphatic rings. The van der Waals surface area contributed by atoms with Crippen molar-refractivity contribution < 1.29 is 18.3 Å². The van der Waals surface area contributed by atoms with Gasteiger partial charge in [-0.2, -0.15) is 4.31 Å². The van der Waals surface area contributed by atoms with Gasteiger partial charge in [0.25, 0.3) is 10.0 Å². The van der Waals surface area contributed by atoms with Crippen molar-refractivity contribution in [1.29, 1.82) is 0 Å². The van der Waals surface area contributed by atoms with Crippen molar-refractivity contribution in [2.45, 2.75) is 30.5 Å². The highest BCUT2D eigenvalue weighted by Gasteiger charge is 2.39. The molecule has 1 aromatic carbocycles. The van der Waals surface area contributed by atoms with Gasteiger partial charge in [0.15, 0.2) is 0 Å². The second kappa shape index (κ2) is 5.12. The van der Waals surface area contributed by atoms with Crippen LogP contribution in [-0.4, -0.2) is 46.4 Å². The molecule has 0 aliphatic carbocycles. The largest absolute Gasteiger partial charge is 0.480 e. The van der Waals surface area contributed by atoms with E-state index in [9.17, 15) is 18.3 Å². The minimum atomic E-state index is -3.93. The number of benzene rings is 1. The molecule has 2 aromatic rings. The van der Waals surface area contributed by atoms with E-state index in [-0.39, 0.29) is 11.7 Å². The number of aromatic nitrogens is 2. The van der Waals surface area contributed by atoms with Crippen molar-refractivity contribution >= 4 is 27.0 Å². The number of aromatic amines is 1. The van der Waals surface area contributed by atoms with Gasteiger partial charge in [-0.25, -0.2) is 13.4 Å². The van der Waals surface area contributed by atoms with Crippen molar-refractivity contribution in [1.82, 2.24) is 14.3 Å². The van der Waals surface area contributed by atoms with Crippen LogP contribution in [0.1, 0.15) is 19.3 Å². The van der Waals surface area contributed by atoms with E-state index < -0.39 is 22.0 Å². The summed E-state index contributed by atoms with van der Waals surface area (Å²) in [5.74, 6) is -1.12. The summed E-state index contributed by atoms with van der Waals surface area (Å²) in [6, 6.07) is 5.96. The monoisotopic (exact) mass is 309 g/mol. The van der Waals surface area contributed by atoms with Crippen LogP contribution >= 0.6 is 0 Å². The molecule has 0 bridgehead atoms. The number of nitrogens with one attached hydrogen (secondary N) is 1. The first-order valence-electron chi connectivity index (χ1n) is 6.69. The molecule has 0 spiro atoms. The van der Waals surface area contributed by atoms with Crippen LogP contribution in [0, 0.1) is 0 Å². The summed E-state index contributed by atoms with van der Waals surface area (Å²) >= 11 is 0. The number of sulfonamides is 1. The Morgan fingerprint density at radius 3 is 2.81 bits per heavy atom. The molecule has 1 atom stereocenters. The zero-order valence-electron chi connectivity index (χ0n) is 11.2. The normalized spacial score (nSPS) is 20.7. The number of carboxylic acids is 1. The smallest absolute Gasteiger partial charge is 0.322 e. The molecule has 1 unspecified atom stereocenters. The van der Waals surface area contributed by atoms with Gasteiger partial charge in [0.2, 0.25) is 5.16 Å². The van der Waals surface area contributed by atoms with Crippen LogP contribution in [-0.2, 0) is 14.8 Å². The molecule has 1 fully saturated rings. The third kappa shape index (κ3) is 2.40. The number of carbonyl (C=O) groups is 1. The van der Waals surface area contributed by atoms with Crippen LogP contribution in [0.2, 0.25) is 0 Å². The lowest BCUT2D eigenvalue weighted by atomic mass is 10.1. The third-order valence-corrected chi connectivity index (χ3v) is 5.40. The van der Waals surface area contributed by atoms with Crippen LogP contribution in [0.25, 0.3) is 11.0 Å². The Hall–Kier alpha value is -1.93. The number of imidazole rings is 1. The number of piperidine rings is 1. The maximum atomic E-state index is 12.6. The van der Waals surface area contributed by atoms with E-state index in [2.05, 4.69) is 9.97 Å². The average Bonchev–Trinajstić information content (AvgIpc) is 2.92. The molecular formula is C13H15N3O4S. The Bertz CT molecular complexity index is 751. The fourth-order valence-corrected chi connectivity index (χ4v) is 4.18. The van der Waals surface area contributed by atoms with Crippen LogP contribution in [0.3, 0.4) is 0 Å². The van der Waals surface area contributed by atoms with Gasteiger partial charge in [0.05, 0.1) is 11.0 Å². The van der Waals surface area contributed by atoms with Gasteiger partial charge in [-0.15, -0.1) is 0 Å². The minimum Gasteiger partial charge on any atom is -0.480 e. The quantitative estimate of drug-likeness (QED) is 0.886. The minimum absolute atomic E-state index is 0.197. The van der Waals surface area contributed by atoms with E-state index in [1.54, 1.807) is 24.3 Å². The lowest BCUT2D eigenvalue weighted by Gasteiger charge is -2.30. The molecular weight excluding hydrogens is 294 g/mol. The Labute approximate surface area is 121 Å². The molecule has 1 saturated heterocycles. The van der Waals surface area contributed by atoms with Gasteiger partial charge in [-0.05, 0) is 31.4 Å². The summed E-state index contributed by atoms with van der Waals surface area (Å²) in [5.41, 5.74) is 1.15. The van der Waals surface area contributed by atoms with Gasteiger partial charge in [0.1, 0.15) is 6.04 Å². The number of aliphatic carboxylic acids is 1. The molecule has 1 aromatic heterocycles. The van der Waals surface area contributed by atoms with Gasteiger partial charge in [-0.1, -0.05) is 12.1 Å². The number of para-hydroxylation sites is 2. The van der Waals surface area contributed by atoms with Crippen molar-refractivity contribution in [2.75, 3.05) is 6.54 Å². The zero-order valence-corrected chi connectivity index (χ0v) is 12.0. The topological polar surface area (TPSA) is 103 Å². The summed E-state index contributed by atoms with van der Waals surface area (Å²) in [6.45, 7) is 0.205. The lowest BCUT2D eigenvalue weighted by Crippen LogP contribution is -2.48. The highest BCUT2D eigenvalue weighted by Crippen LogP contribution is 2.25. The lowest BCUT2D eigenvalue weighted by molar-refractivity contribution is -0.142. The molecule has 1 aliphatic heterocycles. The summed E-state index contributed by atoms with van der Waals surface area (Å²) in [7, 11) is -3.93. The molecule has 7 nitrogen and oxygen atoms in total. The first-order chi connectivity index (χ1) is 10.00. The molecule has 112 valence electrons. The Morgan fingerprint density at radius 1 is 1.33 bits per heavy atom. The number of hydrogen-bond donors (Lipinski definition) is 2. The van der Waals surface area contributed by atoms with Crippen LogP contribution < -0.4 is 0 Å². The molecule has 3 rings (SSSR count). The standard InChI is InChI=1S/C13H15N3O4S/c17-12(18)11-7-3-4-8-16(11)21(19,20)13-14-9-5-1-2-6-10(9)15-13/h1-2,5-6,11H,3-4,7-8H2,(H,14,15)(H,17,18). The predicted molar refractivity (Wildman–Crippen MR) is 75.3 cm³/mol. The van der Waals surface area contributed by atoms with Crippen LogP contribution in [0.5, 0.6) is 0 Å². The molecule has 0 radical (unpaired) electrons. The molecule has 0 saturated carbocycles. The van der Waals surface area contributed by atoms with Gasteiger partial charge in [0, 0.05) is 6.54 Å². The number of fused-ring (bicyclic) bond motifs is 1. The van der Waals surface area contributed by atoms with Gasteiger partial charge in [-0.3, -0.25) is 4.79 Å². The van der Waals surface area contributed by atoms with Crippen molar-refractivity contribution in [3.05, 3.63) is 24.3 Å². The first-order valence-corrected chi connectivity index (χ1v) is 8.13. The number of nitrogens with zero attached hydrogens (tertiary/aromatic N) is 2. The van der Waals surface area contributed by atoms with Crippen LogP contribution in [0.4, 0.5) is 0 Å². The number of rotatable bonds is 3. The van der Waals surface area contributed by atoms with Crippen LogP contribution in [0.15, 0.2) is 29.4 Å². The SMILES string of the molecule is O=C(O)C1CCCCN1S(=O)(=O)c1nc2ccccc2[nH]1. The molecule has 2 N–H and O–H groups in total. The van der Waals surface area contributed by atoms with E-state index in [0.29, 0.717) is 30.3 Å². The van der Waals surface area contributed by atoms with Crippen molar-refractivity contribution in [3.63, 3.8) is 0 Å². The van der Waals surface area contributed by atoms with E-state index in [1.807, 2.05) is 0 Å². The third-order valence-electron chi connectivity index (χ3n) is 3.66. The average molecular weight is 309 g/mol. The van der Waals surface area contributed by atoms with E-state index >= 15 is 0 Å². The molecule has 8 heteroatoms.